The second-order valence-corrected chi connectivity index (χ2v) is 8.11. The van der Waals surface area contributed by atoms with Gasteiger partial charge in [0, 0.05) is 12.0 Å². The second-order valence-electron chi connectivity index (χ2n) is 8.11. The summed E-state index contributed by atoms with van der Waals surface area (Å²) in [7, 11) is 0. The smallest absolute Gasteiger partial charge is 0.257 e. The minimum absolute atomic E-state index is 0.0233. The van der Waals surface area contributed by atoms with Crippen LogP contribution in [0.2, 0.25) is 0 Å². The van der Waals surface area contributed by atoms with Gasteiger partial charge in [-0.25, -0.2) is 4.90 Å². The van der Waals surface area contributed by atoms with Crippen molar-refractivity contribution in [1.82, 2.24) is 4.90 Å². The van der Waals surface area contributed by atoms with Crippen molar-refractivity contribution in [2.45, 2.75) is 69.9 Å². The van der Waals surface area contributed by atoms with Gasteiger partial charge in [0.15, 0.2) is 0 Å². The molecule has 0 bridgehead atoms. The molecule has 0 spiro atoms. The Kier molecular flexibility index (Phi) is 5.17. The first-order valence-corrected chi connectivity index (χ1v) is 10.3. The van der Waals surface area contributed by atoms with Gasteiger partial charge in [0.2, 0.25) is 11.8 Å². The van der Waals surface area contributed by atoms with Crippen LogP contribution in [0.1, 0.15) is 63.4 Å². The molecule has 2 saturated carbocycles. The van der Waals surface area contributed by atoms with Crippen molar-refractivity contribution in [2.75, 3.05) is 4.90 Å². The Hall–Kier alpha value is -2.68. The zero-order valence-electron chi connectivity index (χ0n) is 16.0. The molecular formula is C22H25N3O3. The number of hydrogen-bond acceptors (Lipinski definition) is 4. The van der Waals surface area contributed by atoms with Gasteiger partial charge in [0.25, 0.3) is 5.91 Å². The first-order valence-electron chi connectivity index (χ1n) is 10.3. The van der Waals surface area contributed by atoms with Gasteiger partial charge in [-0.05, 0) is 49.9 Å². The van der Waals surface area contributed by atoms with Crippen LogP contribution >= 0.6 is 0 Å². The quantitative estimate of drug-likeness (QED) is 0.594. The Morgan fingerprint density at radius 2 is 1.64 bits per heavy atom. The molecule has 1 atom stereocenters. The van der Waals surface area contributed by atoms with Crippen LogP contribution in [0.25, 0.3) is 0 Å². The highest BCUT2D eigenvalue weighted by molar-refractivity contribution is 6.23. The summed E-state index contributed by atoms with van der Waals surface area (Å²) >= 11 is 0. The maximum atomic E-state index is 13.2. The van der Waals surface area contributed by atoms with Gasteiger partial charge < -0.3 is 4.90 Å². The molecule has 0 radical (unpaired) electrons. The number of carbonyl (C=O) groups excluding carboxylic acids is 3. The third-order valence-corrected chi connectivity index (χ3v) is 6.11. The van der Waals surface area contributed by atoms with Crippen molar-refractivity contribution < 1.29 is 14.4 Å². The first kappa shape index (κ1) is 18.7. The van der Waals surface area contributed by atoms with E-state index in [2.05, 4.69) is 0 Å². The van der Waals surface area contributed by atoms with Crippen molar-refractivity contribution >= 4 is 23.4 Å². The molecule has 3 fully saturated rings. The lowest BCUT2D eigenvalue weighted by Crippen LogP contribution is -2.51. The Morgan fingerprint density at radius 3 is 2.21 bits per heavy atom. The molecule has 1 aromatic rings. The van der Waals surface area contributed by atoms with E-state index >= 15 is 0 Å². The number of nitrogens with zero attached hydrogens (tertiary/aromatic N) is 3. The lowest BCUT2D eigenvalue weighted by molar-refractivity contribution is -0.142. The SMILES string of the molecule is N#Cc1ccc(N2C(=O)CC(N(C(=O)C3CC3)C3CCCCCC3)C2=O)cc1. The zero-order chi connectivity index (χ0) is 19.7. The molecule has 3 amide bonds. The van der Waals surface area contributed by atoms with Crippen molar-refractivity contribution in [2.24, 2.45) is 5.92 Å². The summed E-state index contributed by atoms with van der Waals surface area (Å²) in [6.07, 6.45) is 8.09. The molecule has 28 heavy (non-hydrogen) atoms. The lowest BCUT2D eigenvalue weighted by atomic mass is 10.0. The van der Waals surface area contributed by atoms with Crippen LogP contribution in [0.4, 0.5) is 5.69 Å². The summed E-state index contributed by atoms with van der Waals surface area (Å²) in [5.74, 6) is -0.510. The van der Waals surface area contributed by atoms with E-state index in [9.17, 15) is 14.4 Å². The van der Waals surface area contributed by atoms with Crippen LogP contribution in [0.15, 0.2) is 24.3 Å². The molecule has 3 aliphatic rings. The van der Waals surface area contributed by atoms with Crippen LogP contribution in [0.5, 0.6) is 0 Å². The molecule has 1 unspecified atom stereocenters. The highest BCUT2D eigenvalue weighted by Gasteiger charge is 2.48. The molecule has 146 valence electrons. The predicted molar refractivity (Wildman–Crippen MR) is 103 cm³/mol. The van der Waals surface area contributed by atoms with Crippen LogP contribution in [0.3, 0.4) is 0 Å². The Bertz CT molecular complexity index is 814. The van der Waals surface area contributed by atoms with Crippen molar-refractivity contribution in [3.63, 3.8) is 0 Å². The molecule has 4 rings (SSSR count). The molecule has 1 saturated heterocycles. The number of imide groups is 1. The minimum atomic E-state index is -0.695. The lowest BCUT2D eigenvalue weighted by Gasteiger charge is -2.35. The monoisotopic (exact) mass is 379 g/mol. The van der Waals surface area contributed by atoms with Crippen LogP contribution in [-0.4, -0.2) is 34.7 Å². The number of amides is 3. The van der Waals surface area contributed by atoms with E-state index in [-0.39, 0.29) is 36.1 Å². The maximum absolute atomic E-state index is 13.2. The van der Waals surface area contributed by atoms with Crippen molar-refractivity contribution in [1.29, 1.82) is 5.26 Å². The van der Waals surface area contributed by atoms with Crippen LogP contribution in [-0.2, 0) is 14.4 Å². The molecule has 1 aliphatic heterocycles. The summed E-state index contributed by atoms with van der Waals surface area (Å²) in [4.78, 5) is 42.0. The normalized spacial score (nSPS) is 23.4. The van der Waals surface area contributed by atoms with Gasteiger partial charge in [0.05, 0.1) is 23.7 Å². The Morgan fingerprint density at radius 1 is 1.00 bits per heavy atom. The molecule has 1 heterocycles. The number of anilines is 1. The Labute approximate surface area is 165 Å². The average Bonchev–Trinajstić information content (AvgIpc) is 3.52. The molecular weight excluding hydrogens is 354 g/mol. The minimum Gasteiger partial charge on any atom is -0.327 e. The van der Waals surface area contributed by atoms with Gasteiger partial charge in [0.1, 0.15) is 6.04 Å². The molecule has 6 nitrogen and oxygen atoms in total. The summed E-state index contributed by atoms with van der Waals surface area (Å²) < 4.78 is 0. The van der Waals surface area contributed by atoms with Crippen LogP contribution < -0.4 is 4.90 Å². The highest BCUT2D eigenvalue weighted by atomic mass is 16.2. The zero-order valence-corrected chi connectivity index (χ0v) is 16.0. The van der Waals surface area contributed by atoms with E-state index in [1.54, 1.807) is 29.2 Å². The summed E-state index contributed by atoms with van der Waals surface area (Å²) in [6, 6.07) is 7.83. The predicted octanol–water partition coefficient (Wildman–Crippen LogP) is 3.15. The topological polar surface area (TPSA) is 81.5 Å². The summed E-state index contributed by atoms with van der Waals surface area (Å²) in [5.41, 5.74) is 0.944. The van der Waals surface area contributed by atoms with E-state index in [1.807, 2.05) is 6.07 Å². The standard InChI is InChI=1S/C22H25N3O3/c23-14-15-7-11-18(12-8-15)25-20(26)13-19(22(25)28)24(21(27)16-9-10-16)17-5-3-1-2-4-6-17/h7-8,11-12,16-17,19H,1-6,9-10,13H2. The second kappa shape index (κ2) is 7.75. The Balaban J connectivity index is 1.61. The van der Waals surface area contributed by atoms with E-state index in [4.69, 9.17) is 5.26 Å². The summed E-state index contributed by atoms with van der Waals surface area (Å²) in [6.45, 7) is 0. The van der Waals surface area contributed by atoms with Crippen molar-refractivity contribution in [3.8, 4) is 6.07 Å². The van der Waals surface area contributed by atoms with E-state index in [0.717, 1.165) is 51.4 Å². The van der Waals surface area contributed by atoms with Gasteiger partial charge in [-0.2, -0.15) is 5.26 Å². The van der Waals surface area contributed by atoms with Crippen LogP contribution in [0, 0.1) is 17.2 Å². The molecule has 0 aromatic heterocycles. The van der Waals surface area contributed by atoms with Crippen molar-refractivity contribution in [3.05, 3.63) is 29.8 Å². The average molecular weight is 379 g/mol. The number of hydrogen-bond donors (Lipinski definition) is 0. The number of carbonyl (C=O) groups is 3. The van der Waals surface area contributed by atoms with Gasteiger partial charge in [-0.3, -0.25) is 14.4 Å². The fourth-order valence-corrected chi connectivity index (χ4v) is 4.45. The van der Waals surface area contributed by atoms with E-state index in [0.29, 0.717) is 11.3 Å². The molecule has 0 N–H and O–H groups in total. The van der Waals surface area contributed by atoms with E-state index < -0.39 is 6.04 Å². The third-order valence-electron chi connectivity index (χ3n) is 6.11. The third kappa shape index (κ3) is 3.54. The fraction of sp³-hybridized carbons (Fsp3) is 0.545. The largest absolute Gasteiger partial charge is 0.327 e. The summed E-state index contributed by atoms with van der Waals surface area (Å²) in [5, 5.41) is 8.96. The van der Waals surface area contributed by atoms with Gasteiger partial charge in [-0.15, -0.1) is 0 Å². The molecule has 6 heteroatoms. The number of rotatable bonds is 4. The van der Waals surface area contributed by atoms with Gasteiger partial charge >= 0.3 is 0 Å². The molecule has 2 aliphatic carbocycles. The number of benzene rings is 1. The van der Waals surface area contributed by atoms with Gasteiger partial charge in [-0.1, -0.05) is 25.7 Å². The number of nitriles is 1. The maximum Gasteiger partial charge on any atom is 0.257 e. The highest BCUT2D eigenvalue weighted by Crippen LogP contribution is 2.37. The molecule has 1 aromatic carbocycles. The first-order chi connectivity index (χ1) is 13.6. The van der Waals surface area contributed by atoms with E-state index in [1.165, 1.54) is 4.90 Å². The fourth-order valence-electron chi connectivity index (χ4n) is 4.45.